The normalized spacial score (nSPS) is 13.0. The summed E-state index contributed by atoms with van der Waals surface area (Å²) in [4.78, 5) is 13.1. The van der Waals surface area contributed by atoms with Crippen LogP contribution in [-0.2, 0) is 4.74 Å². The maximum Gasteiger partial charge on any atom is 0.406 e. The predicted octanol–water partition coefficient (Wildman–Crippen LogP) is 6.28. The van der Waals surface area contributed by atoms with Crippen LogP contribution in [0.5, 0.6) is 0 Å². The van der Waals surface area contributed by atoms with Crippen LogP contribution in [0.4, 0.5) is 10.5 Å². The van der Waals surface area contributed by atoms with Gasteiger partial charge in [-0.15, -0.1) is 0 Å². The lowest BCUT2D eigenvalue weighted by Gasteiger charge is -2.33. The smallest absolute Gasteiger partial charge is 0.406 e. The number of amides is 1. The van der Waals surface area contributed by atoms with Crippen LogP contribution in [-0.4, -0.2) is 20.9 Å². The molecule has 0 atom stereocenters. The van der Waals surface area contributed by atoms with Gasteiger partial charge in [0, 0.05) is 11.6 Å². The second-order valence-electron chi connectivity index (χ2n) is 8.15. The third-order valence-electron chi connectivity index (χ3n) is 5.20. The Labute approximate surface area is 167 Å². The van der Waals surface area contributed by atoms with Crippen LogP contribution in [0.2, 0.25) is 19.6 Å². The van der Waals surface area contributed by atoms with Crippen LogP contribution in [0.15, 0.2) is 78.9 Å². The van der Waals surface area contributed by atoms with Crippen LogP contribution in [0, 0.1) is 0 Å². The molecule has 1 aliphatic carbocycles. The highest BCUT2D eigenvalue weighted by Gasteiger charge is 2.34. The summed E-state index contributed by atoms with van der Waals surface area (Å²) in [5.74, 6) is 0.0793. The minimum absolute atomic E-state index is 0.0793. The number of hydrogen-bond donors (Lipinski definition) is 0. The Bertz CT molecular complexity index is 949. The third kappa shape index (κ3) is 3.36. The second kappa shape index (κ2) is 7.28. The SMILES string of the molecule is C[Si](C)(C)N(C(=O)OCC1c2ccccc2-c2ccccc21)c1ccccc1. The quantitative estimate of drug-likeness (QED) is 0.493. The van der Waals surface area contributed by atoms with E-state index in [9.17, 15) is 4.79 Å². The van der Waals surface area contributed by atoms with Crippen molar-refractivity contribution in [2.24, 2.45) is 0 Å². The van der Waals surface area contributed by atoms with E-state index in [4.69, 9.17) is 4.74 Å². The van der Waals surface area contributed by atoms with Crippen molar-refractivity contribution in [3.05, 3.63) is 90.0 Å². The Morgan fingerprint density at radius 3 is 1.86 bits per heavy atom. The third-order valence-corrected chi connectivity index (χ3v) is 6.99. The molecule has 0 N–H and O–H groups in total. The summed E-state index contributed by atoms with van der Waals surface area (Å²) < 4.78 is 7.77. The van der Waals surface area contributed by atoms with Gasteiger partial charge in [0.05, 0.1) is 0 Å². The predicted molar refractivity (Wildman–Crippen MR) is 117 cm³/mol. The summed E-state index contributed by atoms with van der Waals surface area (Å²) in [6.45, 7) is 6.81. The summed E-state index contributed by atoms with van der Waals surface area (Å²) >= 11 is 0. The van der Waals surface area contributed by atoms with Gasteiger partial charge in [0.15, 0.2) is 8.24 Å². The van der Waals surface area contributed by atoms with Gasteiger partial charge in [0.1, 0.15) is 6.61 Å². The molecule has 0 saturated carbocycles. The van der Waals surface area contributed by atoms with Crippen molar-refractivity contribution >= 4 is 20.0 Å². The topological polar surface area (TPSA) is 29.5 Å². The van der Waals surface area contributed by atoms with Gasteiger partial charge in [-0.3, -0.25) is 0 Å². The first-order chi connectivity index (χ1) is 13.5. The molecule has 142 valence electrons. The van der Waals surface area contributed by atoms with E-state index in [1.807, 2.05) is 34.9 Å². The molecule has 0 unspecified atom stereocenters. The van der Waals surface area contributed by atoms with E-state index >= 15 is 0 Å². The summed E-state index contributed by atoms with van der Waals surface area (Å²) in [6, 6.07) is 26.6. The van der Waals surface area contributed by atoms with E-state index in [-0.39, 0.29) is 12.0 Å². The average molecular weight is 388 g/mol. The van der Waals surface area contributed by atoms with Crippen LogP contribution in [0.1, 0.15) is 17.0 Å². The largest absolute Gasteiger partial charge is 0.449 e. The highest BCUT2D eigenvalue weighted by atomic mass is 28.3. The lowest BCUT2D eigenvalue weighted by atomic mass is 9.98. The molecule has 0 spiro atoms. The summed E-state index contributed by atoms with van der Waals surface area (Å²) in [7, 11) is -1.95. The van der Waals surface area contributed by atoms with Gasteiger partial charge >= 0.3 is 6.09 Å². The van der Waals surface area contributed by atoms with Crippen LogP contribution >= 0.6 is 0 Å². The van der Waals surface area contributed by atoms with E-state index in [1.165, 1.54) is 22.3 Å². The first-order valence-electron chi connectivity index (χ1n) is 9.67. The summed E-state index contributed by atoms with van der Waals surface area (Å²) in [5.41, 5.74) is 5.85. The van der Waals surface area contributed by atoms with Crippen molar-refractivity contribution in [3.63, 3.8) is 0 Å². The number of para-hydroxylation sites is 1. The number of benzene rings is 3. The molecular formula is C24H25NO2Si. The summed E-state index contributed by atoms with van der Waals surface area (Å²) in [5, 5.41) is 0. The number of rotatable bonds is 4. The first kappa shape index (κ1) is 18.5. The molecule has 1 aliphatic rings. The zero-order valence-corrected chi connectivity index (χ0v) is 17.6. The highest BCUT2D eigenvalue weighted by Crippen LogP contribution is 2.44. The van der Waals surface area contributed by atoms with E-state index in [0.29, 0.717) is 6.61 Å². The van der Waals surface area contributed by atoms with Gasteiger partial charge in [-0.25, -0.2) is 4.79 Å². The fourth-order valence-electron chi connectivity index (χ4n) is 4.00. The van der Waals surface area contributed by atoms with Gasteiger partial charge in [-0.05, 0) is 34.4 Å². The Kier molecular flexibility index (Phi) is 4.81. The summed E-state index contributed by atoms with van der Waals surface area (Å²) in [6.07, 6.45) is -0.257. The van der Waals surface area contributed by atoms with Crippen LogP contribution in [0.25, 0.3) is 11.1 Å². The number of carbonyl (C=O) groups excluding carboxylic acids is 1. The van der Waals surface area contributed by atoms with E-state index in [1.54, 1.807) is 0 Å². The molecule has 28 heavy (non-hydrogen) atoms. The molecule has 4 rings (SSSR count). The zero-order chi connectivity index (χ0) is 19.7. The van der Waals surface area contributed by atoms with Crippen molar-refractivity contribution < 1.29 is 9.53 Å². The zero-order valence-electron chi connectivity index (χ0n) is 16.6. The van der Waals surface area contributed by atoms with Crippen molar-refractivity contribution in [3.8, 4) is 11.1 Å². The molecule has 0 heterocycles. The molecule has 0 aliphatic heterocycles. The fraction of sp³-hybridized carbons (Fsp3) is 0.208. The van der Waals surface area contributed by atoms with E-state index in [2.05, 4.69) is 68.2 Å². The Morgan fingerprint density at radius 2 is 1.32 bits per heavy atom. The molecule has 4 heteroatoms. The van der Waals surface area contributed by atoms with E-state index < -0.39 is 8.24 Å². The second-order valence-corrected chi connectivity index (χ2v) is 12.9. The van der Waals surface area contributed by atoms with Gasteiger partial charge in [0.2, 0.25) is 0 Å². The number of fused-ring (bicyclic) bond motifs is 3. The van der Waals surface area contributed by atoms with Crippen LogP contribution < -0.4 is 4.57 Å². The molecule has 3 aromatic rings. The molecular weight excluding hydrogens is 362 g/mol. The Hall–Kier alpha value is -2.85. The van der Waals surface area contributed by atoms with Crippen molar-refractivity contribution in [2.75, 3.05) is 11.2 Å². The maximum atomic E-state index is 13.1. The minimum atomic E-state index is -1.95. The van der Waals surface area contributed by atoms with Gasteiger partial charge in [-0.1, -0.05) is 86.4 Å². The van der Waals surface area contributed by atoms with Gasteiger partial charge in [0.25, 0.3) is 0 Å². The molecule has 0 fully saturated rings. The van der Waals surface area contributed by atoms with Crippen LogP contribution in [0.3, 0.4) is 0 Å². The number of hydrogen-bond acceptors (Lipinski definition) is 2. The molecule has 0 saturated heterocycles. The minimum Gasteiger partial charge on any atom is -0.449 e. The van der Waals surface area contributed by atoms with Crippen molar-refractivity contribution in [1.82, 2.24) is 0 Å². The monoisotopic (exact) mass is 387 g/mol. The number of ether oxygens (including phenoxy) is 1. The molecule has 0 aromatic heterocycles. The molecule has 3 aromatic carbocycles. The molecule has 1 amide bonds. The first-order valence-corrected chi connectivity index (χ1v) is 13.1. The molecule has 3 nitrogen and oxygen atoms in total. The van der Waals surface area contributed by atoms with E-state index in [0.717, 1.165) is 5.69 Å². The van der Waals surface area contributed by atoms with Gasteiger partial charge in [-0.2, -0.15) is 0 Å². The Morgan fingerprint density at radius 1 is 0.821 bits per heavy atom. The van der Waals surface area contributed by atoms with Crippen molar-refractivity contribution in [1.29, 1.82) is 0 Å². The fourth-order valence-corrected chi connectivity index (χ4v) is 5.54. The number of carbonyl (C=O) groups is 1. The van der Waals surface area contributed by atoms with Gasteiger partial charge < -0.3 is 9.30 Å². The standard InChI is InChI=1S/C24H25NO2Si/c1-28(2,3)25(18-11-5-4-6-12-18)24(26)27-17-23-21-15-9-7-13-19(21)20-14-8-10-16-22(20)23/h4-16,23H,17H2,1-3H3. The Balaban J connectivity index is 1.59. The molecule has 0 radical (unpaired) electrons. The number of nitrogens with zero attached hydrogens (tertiary/aromatic N) is 1. The molecule has 0 bridgehead atoms. The average Bonchev–Trinajstić information content (AvgIpc) is 3.00. The maximum absolute atomic E-state index is 13.1. The number of anilines is 1. The highest BCUT2D eigenvalue weighted by molar-refractivity contribution is 6.82. The van der Waals surface area contributed by atoms with Crippen molar-refractivity contribution in [2.45, 2.75) is 25.6 Å². The lowest BCUT2D eigenvalue weighted by Crippen LogP contribution is -2.50. The lowest BCUT2D eigenvalue weighted by molar-refractivity contribution is 0.154.